The first-order valence-electron chi connectivity index (χ1n) is 10.1. The van der Waals surface area contributed by atoms with Gasteiger partial charge in [-0.05, 0) is 43.0 Å². The molecule has 3 rings (SSSR count). The summed E-state index contributed by atoms with van der Waals surface area (Å²) in [5.41, 5.74) is 2.59. The Morgan fingerprint density at radius 1 is 1.10 bits per heavy atom. The van der Waals surface area contributed by atoms with E-state index in [1.807, 2.05) is 44.2 Å². The molecule has 0 bridgehead atoms. The zero-order chi connectivity index (χ0) is 21.0. The molecule has 0 aromatic heterocycles. The van der Waals surface area contributed by atoms with Crippen molar-refractivity contribution in [1.29, 1.82) is 0 Å². The Bertz CT molecular complexity index is 870. The maximum Gasteiger partial charge on any atom is 0.247 e. The minimum absolute atomic E-state index is 0.0279. The highest BCUT2D eigenvalue weighted by Crippen LogP contribution is 2.29. The van der Waals surface area contributed by atoms with Crippen molar-refractivity contribution in [3.05, 3.63) is 59.1 Å². The maximum absolute atomic E-state index is 12.9. The highest BCUT2D eigenvalue weighted by molar-refractivity contribution is 6.33. The summed E-state index contributed by atoms with van der Waals surface area (Å²) in [6.07, 6.45) is 1.32. The third-order valence-corrected chi connectivity index (χ3v) is 5.57. The van der Waals surface area contributed by atoms with Crippen LogP contribution in [0.4, 0.5) is 11.4 Å². The molecule has 2 amide bonds. The predicted molar refractivity (Wildman–Crippen MR) is 118 cm³/mol. The van der Waals surface area contributed by atoms with Crippen LogP contribution in [0, 0.1) is 5.92 Å². The van der Waals surface area contributed by atoms with Crippen molar-refractivity contribution in [2.45, 2.75) is 45.7 Å². The number of likely N-dealkylation sites (tertiary alicyclic amines) is 1. The molecule has 6 heteroatoms. The van der Waals surface area contributed by atoms with E-state index in [2.05, 4.69) is 29.7 Å². The average Bonchev–Trinajstić information content (AvgIpc) is 3.10. The Kier molecular flexibility index (Phi) is 6.80. The number of benzene rings is 2. The molecule has 2 aromatic carbocycles. The lowest BCUT2D eigenvalue weighted by atomic mass is 10.0. The van der Waals surface area contributed by atoms with Gasteiger partial charge in [0.2, 0.25) is 11.8 Å². The van der Waals surface area contributed by atoms with E-state index in [9.17, 15) is 9.59 Å². The summed E-state index contributed by atoms with van der Waals surface area (Å²) < 4.78 is 0. The second-order valence-corrected chi connectivity index (χ2v) is 8.25. The van der Waals surface area contributed by atoms with E-state index in [1.54, 1.807) is 11.0 Å². The van der Waals surface area contributed by atoms with Crippen molar-refractivity contribution in [3.63, 3.8) is 0 Å². The van der Waals surface area contributed by atoms with Gasteiger partial charge < -0.3 is 15.5 Å². The fourth-order valence-corrected chi connectivity index (χ4v) is 3.99. The van der Waals surface area contributed by atoms with E-state index >= 15 is 0 Å². The van der Waals surface area contributed by atoms with E-state index in [0.717, 1.165) is 17.7 Å². The number of halogens is 1. The van der Waals surface area contributed by atoms with Gasteiger partial charge in [-0.2, -0.15) is 0 Å². The van der Waals surface area contributed by atoms with Crippen molar-refractivity contribution in [2.24, 2.45) is 5.92 Å². The number of nitrogens with zero attached hydrogens (tertiary/aromatic N) is 1. The number of rotatable bonds is 7. The minimum Gasteiger partial charge on any atom is -0.377 e. The summed E-state index contributed by atoms with van der Waals surface area (Å²) in [4.78, 5) is 26.7. The summed E-state index contributed by atoms with van der Waals surface area (Å²) >= 11 is 6.46. The molecule has 2 atom stereocenters. The van der Waals surface area contributed by atoms with Crippen LogP contribution in [0.2, 0.25) is 5.02 Å². The van der Waals surface area contributed by atoms with E-state index in [1.165, 1.54) is 0 Å². The van der Waals surface area contributed by atoms with Gasteiger partial charge in [0.1, 0.15) is 6.04 Å². The van der Waals surface area contributed by atoms with Gasteiger partial charge in [-0.15, -0.1) is 0 Å². The number of nitrogens with one attached hydrogen (secondary N) is 2. The molecule has 0 spiro atoms. The van der Waals surface area contributed by atoms with Crippen LogP contribution in [0.25, 0.3) is 0 Å². The second kappa shape index (κ2) is 9.31. The van der Waals surface area contributed by atoms with Gasteiger partial charge in [-0.25, -0.2) is 0 Å². The second-order valence-electron chi connectivity index (χ2n) is 7.84. The normalized spacial score (nSPS) is 16.0. The molecule has 1 fully saturated rings. The summed E-state index contributed by atoms with van der Waals surface area (Å²) in [6, 6.07) is 15.2. The van der Waals surface area contributed by atoms with Crippen LogP contribution in [0.5, 0.6) is 0 Å². The molecule has 154 valence electrons. The Morgan fingerprint density at radius 2 is 1.83 bits per heavy atom. The molecule has 1 aliphatic rings. The van der Waals surface area contributed by atoms with Gasteiger partial charge >= 0.3 is 0 Å². The molecule has 2 unspecified atom stereocenters. The van der Waals surface area contributed by atoms with Crippen molar-refractivity contribution >= 4 is 34.8 Å². The number of carbonyl (C=O) groups is 2. The molecule has 1 saturated heterocycles. The van der Waals surface area contributed by atoms with E-state index in [0.29, 0.717) is 23.7 Å². The molecule has 2 N–H and O–H groups in total. The number of hydrogen-bond donors (Lipinski definition) is 2. The van der Waals surface area contributed by atoms with E-state index in [-0.39, 0.29) is 23.8 Å². The van der Waals surface area contributed by atoms with Crippen LogP contribution in [-0.2, 0) is 9.59 Å². The SMILES string of the molecule is CC(Nc1ccc(NC(=O)C(C(C)C)N2CCCC2=O)cc1Cl)c1ccccc1. The first kappa shape index (κ1) is 21.2. The average molecular weight is 414 g/mol. The molecular weight excluding hydrogens is 386 g/mol. The molecule has 0 saturated carbocycles. The van der Waals surface area contributed by atoms with Gasteiger partial charge in [0.05, 0.1) is 10.7 Å². The fraction of sp³-hybridized carbons (Fsp3) is 0.391. The van der Waals surface area contributed by atoms with E-state index < -0.39 is 6.04 Å². The topological polar surface area (TPSA) is 61.4 Å². The zero-order valence-corrected chi connectivity index (χ0v) is 17.9. The summed E-state index contributed by atoms with van der Waals surface area (Å²) in [6.45, 7) is 6.62. The Balaban J connectivity index is 1.69. The van der Waals surface area contributed by atoms with Gasteiger partial charge in [-0.3, -0.25) is 9.59 Å². The number of anilines is 2. The number of carbonyl (C=O) groups excluding carboxylic acids is 2. The van der Waals surface area contributed by atoms with Crippen LogP contribution in [-0.4, -0.2) is 29.3 Å². The summed E-state index contributed by atoms with van der Waals surface area (Å²) in [5, 5.41) is 6.86. The minimum atomic E-state index is -0.473. The Labute approximate surface area is 177 Å². The molecule has 1 aliphatic heterocycles. The van der Waals surface area contributed by atoms with Gasteiger partial charge in [-0.1, -0.05) is 55.8 Å². The van der Waals surface area contributed by atoms with Crippen LogP contribution < -0.4 is 10.6 Å². The predicted octanol–water partition coefficient (Wildman–Crippen LogP) is 5.10. The molecule has 0 radical (unpaired) electrons. The molecular formula is C23H28ClN3O2. The lowest BCUT2D eigenvalue weighted by Gasteiger charge is -2.30. The first-order chi connectivity index (χ1) is 13.9. The van der Waals surface area contributed by atoms with Gasteiger partial charge in [0.25, 0.3) is 0 Å². The van der Waals surface area contributed by atoms with E-state index in [4.69, 9.17) is 11.6 Å². The number of hydrogen-bond acceptors (Lipinski definition) is 3. The summed E-state index contributed by atoms with van der Waals surface area (Å²) in [5.74, 6) is -0.101. The van der Waals surface area contributed by atoms with Crippen LogP contribution in [0.1, 0.15) is 45.2 Å². The standard InChI is InChI=1S/C23H28ClN3O2/c1-15(2)22(27-13-7-10-21(27)28)23(29)26-18-11-12-20(19(24)14-18)25-16(3)17-8-5-4-6-9-17/h4-6,8-9,11-12,14-16,22,25H,7,10,13H2,1-3H3,(H,26,29). The zero-order valence-electron chi connectivity index (χ0n) is 17.1. The summed E-state index contributed by atoms with van der Waals surface area (Å²) in [7, 11) is 0. The quantitative estimate of drug-likeness (QED) is 0.663. The lowest BCUT2D eigenvalue weighted by Crippen LogP contribution is -2.47. The molecule has 1 heterocycles. The molecule has 2 aromatic rings. The Hall–Kier alpha value is -2.53. The van der Waals surface area contributed by atoms with Crippen LogP contribution in [0.3, 0.4) is 0 Å². The fourth-order valence-electron chi connectivity index (χ4n) is 3.75. The Morgan fingerprint density at radius 3 is 2.41 bits per heavy atom. The third-order valence-electron chi connectivity index (χ3n) is 5.25. The number of amides is 2. The molecule has 5 nitrogen and oxygen atoms in total. The van der Waals surface area contributed by atoms with Crippen molar-refractivity contribution < 1.29 is 9.59 Å². The van der Waals surface area contributed by atoms with Crippen LogP contribution in [0.15, 0.2) is 48.5 Å². The highest BCUT2D eigenvalue weighted by atomic mass is 35.5. The van der Waals surface area contributed by atoms with Crippen LogP contribution >= 0.6 is 11.6 Å². The van der Waals surface area contributed by atoms with Crippen molar-refractivity contribution in [1.82, 2.24) is 4.90 Å². The van der Waals surface area contributed by atoms with Crippen molar-refractivity contribution in [3.8, 4) is 0 Å². The monoisotopic (exact) mass is 413 g/mol. The first-order valence-corrected chi connectivity index (χ1v) is 10.5. The molecule has 29 heavy (non-hydrogen) atoms. The third kappa shape index (κ3) is 5.10. The smallest absolute Gasteiger partial charge is 0.247 e. The van der Waals surface area contributed by atoms with Gasteiger partial charge in [0.15, 0.2) is 0 Å². The largest absolute Gasteiger partial charge is 0.377 e. The van der Waals surface area contributed by atoms with Gasteiger partial charge in [0, 0.05) is 24.7 Å². The maximum atomic E-state index is 12.9. The lowest BCUT2D eigenvalue weighted by molar-refractivity contribution is -0.136. The highest BCUT2D eigenvalue weighted by Gasteiger charge is 2.34. The van der Waals surface area contributed by atoms with Crippen molar-refractivity contribution in [2.75, 3.05) is 17.2 Å². The molecule has 0 aliphatic carbocycles.